The fourth-order valence-electron chi connectivity index (χ4n) is 2.35. The van der Waals surface area contributed by atoms with Crippen LogP contribution >= 0.6 is 11.6 Å². The fraction of sp³-hybridized carbons (Fsp3) is 0.125. The topological polar surface area (TPSA) is 110 Å². The number of aromatic nitrogens is 4. The summed E-state index contributed by atoms with van der Waals surface area (Å²) in [5.74, 6) is -0.206. The molecule has 0 aliphatic rings. The van der Waals surface area contributed by atoms with E-state index in [4.69, 9.17) is 11.6 Å². The van der Waals surface area contributed by atoms with Gasteiger partial charge in [0.25, 0.3) is 11.1 Å². The van der Waals surface area contributed by atoms with E-state index in [-0.39, 0.29) is 22.6 Å². The van der Waals surface area contributed by atoms with Gasteiger partial charge >= 0.3 is 5.69 Å². The molecule has 0 radical (unpaired) electrons. The standard InChI is InChI=1S/C16H13ClN4O4/c1-20-13-12(15(24)21(2)16(20)25)19-14(23)10(18-13)7-11(22)8-3-5-9(17)6-4-8/h3-7,22H,1-2H3,(H,19,23). The minimum Gasteiger partial charge on any atom is -0.507 e. The minimum absolute atomic E-state index is 0.0165. The minimum atomic E-state index is -0.663. The van der Waals surface area contributed by atoms with Crippen LogP contribution in [0.4, 0.5) is 0 Å². The zero-order valence-electron chi connectivity index (χ0n) is 13.3. The molecular weight excluding hydrogens is 348 g/mol. The zero-order valence-corrected chi connectivity index (χ0v) is 14.0. The number of benzene rings is 1. The summed E-state index contributed by atoms with van der Waals surface area (Å²) >= 11 is 5.79. The fourth-order valence-corrected chi connectivity index (χ4v) is 2.47. The number of rotatable bonds is 2. The van der Waals surface area contributed by atoms with Gasteiger partial charge < -0.3 is 10.1 Å². The zero-order chi connectivity index (χ0) is 18.3. The Bertz CT molecular complexity index is 1190. The van der Waals surface area contributed by atoms with Crippen LogP contribution in [0.5, 0.6) is 0 Å². The molecule has 2 heterocycles. The van der Waals surface area contributed by atoms with Crippen molar-refractivity contribution in [2.75, 3.05) is 0 Å². The molecule has 128 valence electrons. The van der Waals surface area contributed by atoms with Gasteiger partial charge in [0, 0.05) is 30.8 Å². The number of nitrogens with zero attached hydrogens (tertiary/aromatic N) is 3. The third kappa shape index (κ3) is 2.87. The summed E-state index contributed by atoms with van der Waals surface area (Å²) in [5.41, 5.74) is -1.66. The lowest BCUT2D eigenvalue weighted by atomic mass is 10.1. The van der Waals surface area contributed by atoms with Crippen molar-refractivity contribution >= 4 is 34.6 Å². The first-order valence-electron chi connectivity index (χ1n) is 7.16. The molecule has 0 saturated carbocycles. The molecule has 0 aliphatic heterocycles. The second kappa shape index (κ2) is 6.06. The molecule has 3 aromatic rings. The number of aryl methyl sites for hydroxylation is 1. The molecule has 0 atom stereocenters. The van der Waals surface area contributed by atoms with E-state index in [0.717, 1.165) is 15.2 Å². The third-order valence-corrected chi connectivity index (χ3v) is 4.00. The Balaban J connectivity index is 2.24. The number of aliphatic hydroxyl groups is 1. The largest absolute Gasteiger partial charge is 0.507 e. The van der Waals surface area contributed by atoms with Crippen molar-refractivity contribution in [1.29, 1.82) is 0 Å². The smallest absolute Gasteiger partial charge is 0.332 e. The highest BCUT2D eigenvalue weighted by molar-refractivity contribution is 6.30. The summed E-state index contributed by atoms with van der Waals surface area (Å²) in [6.07, 6.45) is 1.16. The van der Waals surface area contributed by atoms with Crippen molar-refractivity contribution in [3.8, 4) is 0 Å². The molecule has 2 N–H and O–H groups in total. The lowest BCUT2D eigenvalue weighted by molar-refractivity contribution is 0.515. The van der Waals surface area contributed by atoms with Crippen molar-refractivity contribution in [2.24, 2.45) is 14.1 Å². The average molecular weight is 361 g/mol. The first-order chi connectivity index (χ1) is 11.8. The van der Waals surface area contributed by atoms with Gasteiger partial charge in [0.2, 0.25) is 0 Å². The summed E-state index contributed by atoms with van der Waals surface area (Å²) in [7, 11) is 2.74. The Morgan fingerprint density at radius 3 is 2.44 bits per heavy atom. The highest BCUT2D eigenvalue weighted by atomic mass is 35.5. The Kier molecular flexibility index (Phi) is 4.05. The molecule has 9 heteroatoms. The number of halogens is 1. The van der Waals surface area contributed by atoms with Gasteiger partial charge in [0.1, 0.15) is 11.5 Å². The maximum Gasteiger partial charge on any atom is 0.332 e. The quantitative estimate of drug-likeness (QED) is 0.663. The molecule has 1 aromatic carbocycles. The van der Waals surface area contributed by atoms with E-state index >= 15 is 0 Å². The van der Waals surface area contributed by atoms with Gasteiger partial charge in [0.15, 0.2) is 11.2 Å². The number of H-pyrrole nitrogens is 1. The van der Waals surface area contributed by atoms with Crippen molar-refractivity contribution in [2.45, 2.75) is 0 Å². The highest BCUT2D eigenvalue weighted by Crippen LogP contribution is 2.17. The normalized spacial score (nSPS) is 11.9. The molecule has 0 fully saturated rings. The summed E-state index contributed by atoms with van der Waals surface area (Å²) in [6, 6.07) is 6.34. The Labute approximate surface area is 145 Å². The first kappa shape index (κ1) is 16.7. The van der Waals surface area contributed by atoms with Crippen LogP contribution in [0.25, 0.3) is 23.0 Å². The molecule has 0 saturated heterocycles. The third-order valence-electron chi connectivity index (χ3n) is 3.74. The number of fused-ring (bicyclic) bond motifs is 1. The van der Waals surface area contributed by atoms with E-state index in [1.165, 1.54) is 14.1 Å². The summed E-state index contributed by atoms with van der Waals surface area (Å²) < 4.78 is 2.02. The van der Waals surface area contributed by atoms with Crippen LogP contribution in [0.3, 0.4) is 0 Å². The van der Waals surface area contributed by atoms with Crippen LogP contribution in [-0.4, -0.2) is 24.2 Å². The van der Waals surface area contributed by atoms with Crippen LogP contribution < -0.4 is 16.8 Å². The van der Waals surface area contributed by atoms with E-state index in [1.54, 1.807) is 24.3 Å². The summed E-state index contributed by atoms with van der Waals surface area (Å²) in [6.45, 7) is 0. The molecule has 25 heavy (non-hydrogen) atoms. The monoisotopic (exact) mass is 360 g/mol. The number of hydrogen-bond donors (Lipinski definition) is 2. The van der Waals surface area contributed by atoms with Gasteiger partial charge in [-0.15, -0.1) is 0 Å². The molecular formula is C16H13ClN4O4. The molecule has 0 unspecified atom stereocenters. The van der Waals surface area contributed by atoms with E-state index in [0.29, 0.717) is 10.6 Å². The molecule has 0 bridgehead atoms. The SMILES string of the molecule is Cn1c(=O)c2[nH]c(=O)c(C=C(O)c3ccc(Cl)cc3)nc2n(C)c1=O. The maximum atomic E-state index is 12.2. The number of aromatic amines is 1. The van der Waals surface area contributed by atoms with Gasteiger partial charge in [-0.05, 0) is 24.3 Å². The van der Waals surface area contributed by atoms with Gasteiger partial charge in [-0.25, -0.2) is 9.78 Å². The van der Waals surface area contributed by atoms with E-state index in [9.17, 15) is 19.5 Å². The predicted molar refractivity (Wildman–Crippen MR) is 94.8 cm³/mol. The van der Waals surface area contributed by atoms with Crippen molar-refractivity contribution in [1.82, 2.24) is 19.1 Å². The van der Waals surface area contributed by atoms with Crippen molar-refractivity contribution < 1.29 is 5.11 Å². The van der Waals surface area contributed by atoms with Crippen molar-refractivity contribution in [3.05, 3.63) is 71.7 Å². The molecule has 8 nitrogen and oxygen atoms in total. The molecule has 3 rings (SSSR count). The van der Waals surface area contributed by atoms with E-state index in [2.05, 4.69) is 9.97 Å². The van der Waals surface area contributed by atoms with Gasteiger partial charge in [-0.2, -0.15) is 0 Å². The van der Waals surface area contributed by atoms with Crippen LogP contribution in [-0.2, 0) is 14.1 Å². The molecule has 0 spiro atoms. The van der Waals surface area contributed by atoms with Crippen molar-refractivity contribution in [3.63, 3.8) is 0 Å². The highest BCUT2D eigenvalue weighted by Gasteiger charge is 2.13. The van der Waals surface area contributed by atoms with E-state index < -0.39 is 16.8 Å². The second-order valence-electron chi connectivity index (χ2n) is 5.39. The van der Waals surface area contributed by atoms with Crippen LogP contribution in [0.2, 0.25) is 5.02 Å². The predicted octanol–water partition coefficient (Wildman–Crippen LogP) is 1.03. The first-order valence-corrected chi connectivity index (χ1v) is 7.54. The Morgan fingerprint density at radius 2 is 1.80 bits per heavy atom. The lowest BCUT2D eigenvalue weighted by Gasteiger charge is -2.07. The maximum absolute atomic E-state index is 12.2. The van der Waals surface area contributed by atoms with Crippen LogP contribution in [0.15, 0.2) is 38.6 Å². The Hall–Kier alpha value is -3.13. The van der Waals surface area contributed by atoms with Gasteiger partial charge in [-0.3, -0.25) is 18.7 Å². The van der Waals surface area contributed by atoms with E-state index in [1.807, 2.05) is 0 Å². The van der Waals surface area contributed by atoms with Gasteiger partial charge in [-0.1, -0.05) is 11.6 Å². The number of hydrogen-bond acceptors (Lipinski definition) is 5. The number of nitrogens with one attached hydrogen (secondary N) is 1. The van der Waals surface area contributed by atoms with Crippen LogP contribution in [0, 0.1) is 0 Å². The molecule has 0 aliphatic carbocycles. The van der Waals surface area contributed by atoms with Crippen LogP contribution in [0.1, 0.15) is 11.3 Å². The average Bonchev–Trinajstić information content (AvgIpc) is 2.60. The summed E-state index contributed by atoms with van der Waals surface area (Å²) in [4.78, 5) is 42.8. The summed E-state index contributed by atoms with van der Waals surface area (Å²) in [5, 5.41) is 10.7. The molecule has 0 amide bonds. The number of aliphatic hydroxyl groups excluding tert-OH is 1. The molecule has 2 aromatic heterocycles. The van der Waals surface area contributed by atoms with Gasteiger partial charge in [0.05, 0.1) is 0 Å². The Morgan fingerprint density at radius 1 is 1.16 bits per heavy atom. The lowest BCUT2D eigenvalue weighted by Crippen LogP contribution is -2.38. The second-order valence-corrected chi connectivity index (χ2v) is 5.83.